The molecule has 1 saturated heterocycles. The Balaban J connectivity index is 1.60. The molecule has 1 fully saturated rings. The predicted octanol–water partition coefficient (Wildman–Crippen LogP) is 5.90. The number of fused-ring (bicyclic) bond motifs is 1. The fraction of sp³-hybridized carbons (Fsp3) is 0.286. The highest BCUT2D eigenvalue weighted by atomic mass is 32.1. The van der Waals surface area contributed by atoms with Gasteiger partial charge in [-0.3, -0.25) is 4.99 Å². The number of methoxy groups -OCH3 is 1. The van der Waals surface area contributed by atoms with Crippen molar-refractivity contribution in [2.75, 3.05) is 20.3 Å². The smallest absolute Gasteiger partial charge is 0.206 e. The third-order valence-corrected chi connectivity index (χ3v) is 7.10. The Kier molecular flexibility index (Phi) is 6.88. The molecule has 6 heteroatoms. The fourth-order valence-corrected chi connectivity index (χ4v) is 5.15. The Morgan fingerprint density at radius 1 is 1.12 bits per heavy atom. The van der Waals surface area contributed by atoms with Crippen LogP contribution in [0.3, 0.4) is 0 Å². The minimum atomic E-state index is 0.199. The largest absolute Gasteiger partial charge is 0.496 e. The number of aryl methyl sites for hydroxylation is 1. The number of nitrogens with zero attached hydrogens (tertiary/aromatic N) is 3. The Morgan fingerprint density at radius 2 is 1.97 bits per heavy atom. The summed E-state index contributed by atoms with van der Waals surface area (Å²) in [6.45, 7) is 3.66. The molecule has 1 aromatic heterocycles. The second-order valence-corrected chi connectivity index (χ2v) is 9.23. The summed E-state index contributed by atoms with van der Waals surface area (Å²) in [6, 6.07) is 21.0. The molecule has 1 unspecified atom stereocenters. The number of ether oxygens (including phenoxy) is 2. The van der Waals surface area contributed by atoms with Gasteiger partial charge in [-0.1, -0.05) is 61.5 Å². The second kappa shape index (κ2) is 10.4. The summed E-state index contributed by atoms with van der Waals surface area (Å²) >= 11 is 1.61. The van der Waals surface area contributed by atoms with Gasteiger partial charge in [-0.2, -0.15) is 5.10 Å². The van der Waals surface area contributed by atoms with E-state index in [-0.39, 0.29) is 6.10 Å². The van der Waals surface area contributed by atoms with Crippen molar-refractivity contribution in [3.8, 4) is 17.0 Å². The SMILES string of the molecule is CCc1ccc(-c2csc(=NCC3CCCO3)n2N=Cc2c(OC)ccc3ccccc23)cc1. The number of hydrogen-bond acceptors (Lipinski definition) is 5. The van der Waals surface area contributed by atoms with Crippen molar-refractivity contribution in [1.82, 2.24) is 4.68 Å². The van der Waals surface area contributed by atoms with Gasteiger partial charge in [0.25, 0.3) is 0 Å². The van der Waals surface area contributed by atoms with Crippen molar-refractivity contribution < 1.29 is 9.47 Å². The number of thiazole rings is 1. The van der Waals surface area contributed by atoms with E-state index in [0.29, 0.717) is 6.54 Å². The molecule has 4 aromatic rings. The maximum atomic E-state index is 5.79. The molecule has 34 heavy (non-hydrogen) atoms. The molecule has 1 atom stereocenters. The zero-order valence-electron chi connectivity index (χ0n) is 19.6. The van der Waals surface area contributed by atoms with E-state index >= 15 is 0 Å². The summed E-state index contributed by atoms with van der Waals surface area (Å²) in [5, 5.41) is 9.34. The standard InChI is InChI=1S/C28H29N3O2S/c1-3-20-10-12-22(13-11-20)26-19-34-28(29-17-23-8-6-16-33-23)31(26)30-18-25-24-9-5-4-7-21(24)14-15-27(25)32-2/h4-5,7,9-15,18-19,23H,3,6,8,16-17H2,1-2H3. The zero-order valence-corrected chi connectivity index (χ0v) is 20.4. The van der Waals surface area contributed by atoms with Crippen LogP contribution in [-0.2, 0) is 11.2 Å². The van der Waals surface area contributed by atoms with Gasteiger partial charge in [-0.05, 0) is 41.7 Å². The summed E-state index contributed by atoms with van der Waals surface area (Å²) in [7, 11) is 1.70. The second-order valence-electron chi connectivity index (χ2n) is 8.39. The molecule has 5 nitrogen and oxygen atoms in total. The van der Waals surface area contributed by atoms with E-state index in [0.717, 1.165) is 64.0 Å². The lowest BCUT2D eigenvalue weighted by Crippen LogP contribution is -2.17. The van der Waals surface area contributed by atoms with Crippen LogP contribution in [-0.4, -0.2) is 37.3 Å². The van der Waals surface area contributed by atoms with E-state index in [9.17, 15) is 0 Å². The third kappa shape index (κ3) is 4.69. The highest BCUT2D eigenvalue weighted by Crippen LogP contribution is 2.27. The fourth-order valence-electron chi connectivity index (χ4n) is 4.30. The van der Waals surface area contributed by atoms with Crippen molar-refractivity contribution in [3.05, 3.63) is 82.0 Å². The Hall–Kier alpha value is -3.22. The average molecular weight is 472 g/mol. The summed E-state index contributed by atoms with van der Waals surface area (Å²) in [5.74, 6) is 0.796. The molecule has 0 aliphatic carbocycles. The van der Waals surface area contributed by atoms with Crippen LogP contribution < -0.4 is 9.54 Å². The highest BCUT2D eigenvalue weighted by molar-refractivity contribution is 7.07. The van der Waals surface area contributed by atoms with Gasteiger partial charge in [0.1, 0.15) is 5.75 Å². The van der Waals surface area contributed by atoms with Crippen LogP contribution in [0, 0.1) is 0 Å². The van der Waals surface area contributed by atoms with Crippen molar-refractivity contribution in [3.63, 3.8) is 0 Å². The van der Waals surface area contributed by atoms with Crippen LogP contribution in [0.15, 0.2) is 76.1 Å². The molecule has 0 radical (unpaired) electrons. The molecule has 5 rings (SSSR count). The van der Waals surface area contributed by atoms with Crippen LogP contribution in [0.25, 0.3) is 22.0 Å². The summed E-state index contributed by atoms with van der Waals surface area (Å²) in [4.78, 5) is 5.76. The monoisotopic (exact) mass is 471 g/mol. The number of hydrogen-bond donors (Lipinski definition) is 0. The lowest BCUT2D eigenvalue weighted by Gasteiger charge is -2.09. The van der Waals surface area contributed by atoms with E-state index in [1.54, 1.807) is 18.4 Å². The van der Waals surface area contributed by atoms with Crippen molar-refractivity contribution in [1.29, 1.82) is 0 Å². The summed E-state index contributed by atoms with van der Waals surface area (Å²) in [6.07, 6.45) is 5.29. The first-order valence-corrected chi connectivity index (χ1v) is 12.7. The lowest BCUT2D eigenvalue weighted by atomic mass is 10.0. The minimum Gasteiger partial charge on any atom is -0.496 e. The first kappa shape index (κ1) is 22.6. The van der Waals surface area contributed by atoms with E-state index in [2.05, 4.69) is 54.8 Å². The van der Waals surface area contributed by atoms with Gasteiger partial charge in [0.05, 0.1) is 31.7 Å². The molecular formula is C28H29N3O2S. The Bertz CT molecular complexity index is 1360. The summed E-state index contributed by atoms with van der Waals surface area (Å²) < 4.78 is 13.4. The summed E-state index contributed by atoms with van der Waals surface area (Å²) in [5.41, 5.74) is 4.41. The van der Waals surface area contributed by atoms with Gasteiger partial charge in [0, 0.05) is 23.1 Å². The maximum absolute atomic E-state index is 5.79. The van der Waals surface area contributed by atoms with Gasteiger partial charge in [-0.25, -0.2) is 4.68 Å². The molecule has 0 saturated carbocycles. The molecule has 0 N–H and O–H groups in total. The molecule has 0 bridgehead atoms. The predicted molar refractivity (Wildman–Crippen MR) is 140 cm³/mol. The van der Waals surface area contributed by atoms with E-state index in [4.69, 9.17) is 19.6 Å². The van der Waals surface area contributed by atoms with Crippen molar-refractivity contribution in [2.45, 2.75) is 32.3 Å². The number of aromatic nitrogens is 1. The highest BCUT2D eigenvalue weighted by Gasteiger charge is 2.15. The van der Waals surface area contributed by atoms with E-state index in [1.165, 1.54) is 5.56 Å². The van der Waals surface area contributed by atoms with Crippen LogP contribution in [0.2, 0.25) is 0 Å². The van der Waals surface area contributed by atoms with Crippen molar-refractivity contribution >= 4 is 28.3 Å². The van der Waals surface area contributed by atoms with Gasteiger partial charge in [0.2, 0.25) is 4.80 Å². The van der Waals surface area contributed by atoms with E-state index < -0.39 is 0 Å². The molecule has 1 aliphatic heterocycles. The van der Waals surface area contributed by atoms with Gasteiger partial charge < -0.3 is 9.47 Å². The van der Waals surface area contributed by atoms with Crippen LogP contribution in [0.4, 0.5) is 0 Å². The molecule has 1 aliphatic rings. The third-order valence-electron chi connectivity index (χ3n) is 6.25. The van der Waals surface area contributed by atoms with E-state index in [1.807, 2.05) is 29.1 Å². The first-order chi connectivity index (χ1) is 16.8. The normalized spacial score (nSPS) is 16.6. The quantitative estimate of drug-likeness (QED) is 0.315. The minimum absolute atomic E-state index is 0.199. The Morgan fingerprint density at radius 3 is 2.74 bits per heavy atom. The maximum Gasteiger partial charge on any atom is 0.206 e. The average Bonchev–Trinajstić information content (AvgIpc) is 3.56. The molecule has 2 heterocycles. The van der Waals surface area contributed by atoms with Gasteiger partial charge >= 0.3 is 0 Å². The molecule has 0 spiro atoms. The lowest BCUT2D eigenvalue weighted by molar-refractivity contribution is 0.117. The van der Waals surface area contributed by atoms with Crippen LogP contribution in [0.1, 0.15) is 30.9 Å². The van der Waals surface area contributed by atoms with Crippen LogP contribution >= 0.6 is 11.3 Å². The molecule has 3 aromatic carbocycles. The van der Waals surface area contributed by atoms with Crippen molar-refractivity contribution in [2.24, 2.45) is 10.1 Å². The van der Waals surface area contributed by atoms with Gasteiger partial charge in [0.15, 0.2) is 0 Å². The molecule has 0 amide bonds. The molecule has 174 valence electrons. The van der Waals surface area contributed by atoms with Gasteiger partial charge in [-0.15, -0.1) is 11.3 Å². The van der Waals surface area contributed by atoms with Crippen LogP contribution in [0.5, 0.6) is 5.75 Å². The topological polar surface area (TPSA) is 48.1 Å². The molecular weight excluding hydrogens is 442 g/mol. The number of benzene rings is 3. The number of rotatable bonds is 7. The Labute approximate surface area is 204 Å². The first-order valence-electron chi connectivity index (χ1n) is 11.8. The zero-order chi connectivity index (χ0) is 23.3.